The fourth-order valence-corrected chi connectivity index (χ4v) is 4.35. The Morgan fingerprint density at radius 1 is 1.13 bits per heavy atom. The first-order valence-corrected chi connectivity index (χ1v) is 9.40. The van der Waals surface area contributed by atoms with E-state index in [1.54, 1.807) is 29.2 Å². The van der Waals surface area contributed by atoms with Crippen LogP contribution in [0.3, 0.4) is 0 Å². The van der Waals surface area contributed by atoms with Gasteiger partial charge in [-0.15, -0.1) is 0 Å². The molecule has 122 valence electrons. The maximum absolute atomic E-state index is 13.9. The molecule has 2 aromatic carbocycles. The third kappa shape index (κ3) is 3.08. The third-order valence-corrected chi connectivity index (χ3v) is 6.05. The molecule has 3 rings (SSSR count). The van der Waals surface area contributed by atoms with Gasteiger partial charge in [0.25, 0.3) is 5.91 Å². The number of carbonyl (C=O) groups excluding carboxylic acids is 1. The summed E-state index contributed by atoms with van der Waals surface area (Å²) < 4.78 is 37.5. The highest BCUT2D eigenvalue weighted by Gasteiger charge is 2.29. The molecule has 23 heavy (non-hydrogen) atoms. The highest BCUT2D eigenvalue weighted by Crippen LogP contribution is 2.24. The number of benzene rings is 2. The van der Waals surface area contributed by atoms with Crippen molar-refractivity contribution in [3.05, 3.63) is 47.8 Å². The summed E-state index contributed by atoms with van der Waals surface area (Å²) in [5, 5.41) is 0.949. The topological polar surface area (TPSA) is 54.5 Å². The van der Waals surface area contributed by atoms with Crippen molar-refractivity contribution >= 4 is 26.5 Å². The molecule has 1 aliphatic rings. The summed E-state index contributed by atoms with van der Waals surface area (Å²) in [5.74, 6) is -0.543. The Bertz CT molecular complexity index is 863. The standard InChI is InChI=1S/C17H18FNO3S/c1-12-8-10-23(21,22)11-9-19(12)17(20)15-6-7-16(18)14-5-3-2-4-13(14)15/h2-7,12H,8-11H2,1H3. The molecule has 6 heteroatoms. The Morgan fingerprint density at radius 3 is 2.57 bits per heavy atom. The van der Waals surface area contributed by atoms with Crippen LogP contribution >= 0.6 is 0 Å². The fourth-order valence-electron chi connectivity index (χ4n) is 2.97. The van der Waals surface area contributed by atoms with Crippen molar-refractivity contribution in [3.8, 4) is 0 Å². The van der Waals surface area contributed by atoms with Gasteiger partial charge in [0.05, 0.1) is 11.5 Å². The quantitative estimate of drug-likeness (QED) is 0.805. The van der Waals surface area contributed by atoms with E-state index in [4.69, 9.17) is 0 Å². The van der Waals surface area contributed by atoms with Crippen LogP contribution in [0.15, 0.2) is 36.4 Å². The minimum atomic E-state index is -3.10. The Hall–Kier alpha value is -1.95. The number of hydrogen-bond donors (Lipinski definition) is 0. The van der Waals surface area contributed by atoms with Crippen molar-refractivity contribution in [3.63, 3.8) is 0 Å². The van der Waals surface area contributed by atoms with Gasteiger partial charge in [0.2, 0.25) is 0 Å². The van der Waals surface area contributed by atoms with Gasteiger partial charge in [-0.05, 0) is 30.9 Å². The summed E-state index contributed by atoms with van der Waals surface area (Å²) in [4.78, 5) is 14.5. The van der Waals surface area contributed by atoms with Gasteiger partial charge in [-0.2, -0.15) is 0 Å². The van der Waals surface area contributed by atoms with Crippen molar-refractivity contribution in [2.45, 2.75) is 19.4 Å². The van der Waals surface area contributed by atoms with E-state index in [2.05, 4.69) is 0 Å². The Kier molecular flexibility index (Phi) is 4.10. The fraction of sp³-hybridized carbons (Fsp3) is 0.353. The lowest BCUT2D eigenvalue weighted by Crippen LogP contribution is -2.39. The third-order valence-electron chi connectivity index (χ3n) is 4.38. The lowest BCUT2D eigenvalue weighted by atomic mass is 10.0. The van der Waals surface area contributed by atoms with Gasteiger partial charge in [0.1, 0.15) is 5.82 Å². The molecule has 0 aromatic heterocycles. The van der Waals surface area contributed by atoms with Gasteiger partial charge in [-0.3, -0.25) is 4.79 Å². The largest absolute Gasteiger partial charge is 0.335 e. The highest BCUT2D eigenvalue weighted by molar-refractivity contribution is 7.91. The van der Waals surface area contributed by atoms with Gasteiger partial charge in [0, 0.05) is 23.5 Å². The molecule has 2 aromatic rings. The molecule has 0 radical (unpaired) electrons. The molecule has 1 saturated heterocycles. The van der Waals surface area contributed by atoms with Crippen LogP contribution in [-0.4, -0.2) is 43.3 Å². The van der Waals surface area contributed by atoms with E-state index >= 15 is 0 Å². The Balaban J connectivity index is 2.02. The summed E-state index contributed by atoms with van der Waals surface area (Å²) in [6.45, 7) is 2.03. The molecule has 1 unspecified atom stereocenters. The average molecular weight is 335 g/mol. The van der Waals surface area contributed by atoms with Crippen LogP contribution in [0.2, 0.25) is 0 Å². The number of carbonyl (C=O) groups is 1. The minimum Gasteiger partial charge on any atom is -0.335 e. The van der Waals surface area contributed by atoms with E-state index in [0.717, 1.165) is 0 Å². The molecule has 1 atom stereocenters. The van der Waals surface area contributed by atoms with Crippen molar-refractivity contribution < 1.29 is 17.6 Å². The van der Waals surface area contributed by atoms with Crippen LogP contribution in [0, 0.1) is 5.82 Å². The first kappa shape index (κ1) is 15.9. The number of fused-ring (bicyclic) bond motifs is 1. The monoisotopic (exact) mass is 335 g/mol. The molecule has 1 heterocycles. The smallest absolute Gasteiger partial charge is 0.254 e. The second-order valence-corrected chi connectivity index (χ2v) is 8.23. The molecule has 0 bridgehead atoms. The molecule has 1 aliphatic heterocycles. The van der Waals surface area contributed by atoms with Crippen molar-refractivity contribution in [2.75, 3.05) is 18.1 Å². The first-order chi connectivity index (χ1) is 10.9. The van der Waals surface area contributed by atoms with E-state index in [1.807, 2.05) is 6.92 Å². The zero-order chi connectivity index (χ0) is 16.6. The van der Waals surface area contributed by atoms with Crippen LogP contribution in [0.1, 0.15) is 23.7 Å². The Labute approximate surface area is 134 Å². The molecule has 0 aliphatic carbocycles. The molecule has 1 fully saturated rings. The second-order valence-electron chi connectivity index (χ2n) is 5.93. The zero-order valence-electron chi connectivity index (χ0n) is 12.8. The maximum atomic E-state index is 13.9. The number of halogens is 1. The zero-order valence-corrected chi connectivity index (χ0v) is 13.6. The summed E-state index contributed by atoms with van der Waals surface area (Å²) in [6.07, 6.45) is 0.424. The highest BCUT2D eigenvalue weighted by atomic mass is 32.2. The van der Waals surface area contributed by atoms with E-state index in [0.29, 0.717) is 22.8 Å². The summed E-state index contributed by atoms with van der Waals surface area (Å²) in [7, 11) is -3.10. The van der Waals surface area contributed by atoms with Crippen LogP contribution in [0.4, 0.5) is 4.39 Å². The van der Waals surface area contributed by atoms with Crippen molar-refractivity contribution in [1.29, 1.82) is 0 Å². The molecular formula is C17H18FNO3S. The average Bonchev–Trinajstić information content (AvgIpc) is 2.66. The summed E-state index contributed by atoms with van der Waals surface area (Å²) >= 11 is 0. The summed E-state index contributed by atoms with van der Waals surface area (Å²) in [5.41, 5.74) is 0.410. The van der Waals surface area contributed by atoms with Gasteiger partial charge >= 0.3 is 0 Å². The summed E-state index contributed by atoms with van der Waals surface area (Å²) in [6, 6.07) is 9.43. The van der Waals surface area contributed by atoms with E-state index in [9.17, 15) is 17.6 Å². The van der Waals surface area contributed by atoms with Crippen LogP contribution < -0.4 is 0 Å². The number of rotatable bonds is 1. The lowest BCUT2D eigenvalue weighted by Gasteiger charge is -2.27. The van der Waals surface area contributed by atoms with Gasteiger partial charge in [-0.25, -0.2) is 12.8 Å². The predicted molar refractivity (Wildman–Crippen MR) is 87.7 cm³/mol. The van der Waals surface area contributed by atoms with Crippen molar-refractivity contribution in [1.82, 2.24) is 4.90 Å². The molecule has 0 N–H and O–H groups in total. The second kappa shape index (κ2) is 5.92. The number of hydrogen-bond acceptors (Lipinski definition) is 3. The molecule has 0 spiro atoms. The molecule has 4 nitrogen and oxygen atoms in total. The van der Waals surface area contributed by atoms with Gasteiger partial charge in [0.15, 0.2) is 9.84 Å². The van der Waals surface area contributed by atoms with E-state index < -0.39 is 9.84 Å². The normalized spacial score (nSPS) is 21.1. The van der Waals surface area contributed by atoms with E-state index in [1.165, 1.54) is 12.1 Å². The molecule has 0 saturated carbocycles. The van der Waals surface area contributed by atoms with Crippen LogP contribution in [0.5, 0.6) is 0 Å². The van der Waals surface area contributed by atoms with Crippen molar-refractivity contribution in [2.24, 2.45) is 0 Å². The number of nitrogens with zero attached hydrogens (tertiary/aromatic N) is 1. The molecular weight excluding hydrogens is 317 g/mol. The van der Waals surface area contributed by atoms with Gasteiger partial charge in [-0.1, -0.05) is 24.3 Å². The molecule has 1 amide bonds. The Morgan fingerprint density at radius 2 is 1.83 bits per heavy atom. The van der Waals surface area contributed by atoms with E-state index in [-0.39, 0.29) is 35.8 Å². The number of sulfone groups is 1. The maximum Gasteiger partial charge on any atom is 0.254 e. The first-order valence-electron chi connectivity index (χ1n) is 7.58. The lowest BCUT2D eigenvalue weighted by molar-refractivity contribution is 0.0708. The predicted octanol–water partition coefficient (Wildman–Crippen LogP) is 2.63. The minimum absolute atomic E-state index is 0.0256. The SMILES string of the molecule is CC1CCS(=O)(=O)CCN1C(=O)c1ccc(F)c2ccccc12. The van der Waals surface area contributed by atoms with Crippen LogP contribution in [0.25, 0.3) is 10.8 Å². The van der Waals surface area contributed by atoms with Gasteiger partial charge < -0.3 is 4.90 Å². The number of amides is 1. The van der Waals surface area contributed by atoms with Crippen LogP contribution in [-0.2, 0) is 9.84 Å².